The van der Waals surface area contributed by atoms with Crippen LogP contribution in [0.5, 0.6) is 0 Å². The SMILES string of the molecule is CC1=CCC(C(CO)CO)CC1=O. The van der Waals surface area contributed by atoms with Gasteiger partial charge in [-0.2, -0.15) is 0 Å². The number of hydrogen-bond acceptors (Lipinski definition) is 3. The summed E-state index contributed by atoms with van der Waals surface area (Å²) in [5.41, 5.74) is 0.811. The van der Waals surface area contributed by atoms with Gasteiger partial charge in [-0.15, -0.1) is 0 Å². The minimum absolute atomic E-state index is 0.0403. The third-order valence-electron chi connectivity index (χ3n) is 2.75. The van der Waals surface area contributed by atoms with Gasteiger partial charge in [-0.1, -0.05) is 6.08 Å². The van der Waals surface area contributed by atoms with E-state index in [1.54, 1.807) is 0 Å². The van der Waals surface area contributed by atoms with Crippen molar-refractivity contribution >= 4 is 5.78 Å². The molecule has 74 valence electrons. The van der Waals surface area contributed by atoms with Gasteiger partial charge >= 0.3 is 0 Å². The first-order valence-electron chi connectivity index (χ1n) is 4.60. The van der Waals surface area contributed by atoms with Gasteiger partial charge in [0.1, 0.15) is 0 Å². The molecule has 1 aliphatic carbocycles. The molecule has 0 amide bonds. The van der Waals surface area contributed by atoms with Crippen LogP contribution in [-0.2, 0) is 4.79 Å². The summed E-state index contributed by atoms with van der Waals surface area (Å²) in [4.78, 5) is 11.3. The molecule has 0 bridgehead atoms. The van der Waals surface area contributed by atoms with Crippen LogP contribution in [0.2, 0.25) is 0 Å². The molecule has 0 heterocycles. The highest BCUT2D eigenvalue weighted by Crippen LogP contribution is 2.26. The summed E-state index contributed by atoms with van der Waals surface area (Å²) in [7, 11) is 0. The fraction of sp³-hybridized carbons (Fsp3) is 0.700. The quantitative estimate of drug-likeness (QED) is 0.672. The molecule has 0 aromatic heterocycles. The molecule has 0 aromatic carbocycles. The van der Waals surface area contributed by atoms with Crippen LogP contribution >= 0.6 is 0 Å². The summed E-state index contributed by atoms with van der Waals surface area (Å²) in [6.07, 6.45) is 3.16. The third-order valence-corrected chi connectivity index (χ3v) is 2.75. The molecular weight excluding hydrogens is 168 g/mol. The molecule has 2 N–H and O–H groups in total. The van der Waals surface area contributed by atoms with E-state index in [-0.39, 0.29) is 30.8 Å². The second-order valence-corrected chi connectivity index (χ2v) is 3.64. The highest BCUT2D eigenvalue weighted by atomic mass is 16.3. The molecule has 1 rings (SSSR count). The molecule has 13 heavy (non-hydrogen) atoms. The van der Waals surface area contributed by atoms with Gasteiger partial charge in [0.2, 0.25) is 0 Å². The molecule has 3 heteroatoms. The Bertz CT molecular complexity index is 216. The number of carbonyl (C=O) groups is 1. The van der Waals surface area contributed by atoms with Crippen LogP contribution in [0.1, 0.15) is 19.8 Å². The van der Waals surface area contributed by atoms with Gasteiger partial charge in [-0.25, -0.2) is 0 Å². The average Bonchev–Trinajstić information content (AvgIpc) is 2.13. The van der Waals surface area contributed by atoms with Crippen LogP contribution in [0.15, 0.2) is 11.6 Å². The lowest BCUT2D eigenvalue weighted by Gasteiger charge is -2.25. The van der Waals surface area contributed by atoms with E-state index in [9.17, 15) is 4.79 Å². The van der Waals surface area contributed by atoms with Gasteiger partial charge in [0.15, 0.2) is 5.78 Å². The van der Waals surface area contributed by atoms with Gasteiger partial charge in [0, 0.05) is 25.6 Å². The van der Waals surface area contributed by atoms with Crippen LogP contribution in [-0.4, -0.2) is 29.2 Å². The molecule has 1 atom stereocenters. The molecule has 0 aromatic rings. The number of carbonyl (C=O) groups excluding carboxylic acids is 1. The molecule has 0 fully saturated rings. The zero-order valence-electron chi connectivity index (χ0n) is 7.86. The Morgan fingerprint density at radius 2 is 2.15 bits per heavy atom. The molecule has 0 spiro atoms. The number of allylic oxidation sites excluding steroid dienone is 2. The second kappa shape index (κ2) is 4.53. The number of aliphatic hydroxyl groups excluding tert-OH is 2. The molecule has 0 saturated heterocycles. The Labute approximate surface area is 78.1 Å². The van der Waals surface area contributed by atoms with Gasteiger partial charge in [-0.05, 0) is 24.8 Å². The maximum absolute atomic E-state index is 11.3. The van der Waals surface area contributed by atoms with E-state index in [2.05, 4.69) is 0 Å². The summed E-state index contributed by atoms with van der Waals surface area (Å²) >= 11 is 0. The fourth-order valence-electron chi connectivity index (χ4n) is 1.64. The predicted molar refractivity (Wildman–Crippen MR) is 49.1 cm³/mol. The van der Waals surface area contributed by atoms with Gasteiger partial charge in [0.25, 0.3) is 0 Å². The molecule has 0 aliphatic heterocycles. The van der Waals surface area contributed by atoms with Crippen molar-refractivity contribution in [2.45, 2.75) is 19.8 Å². The number of ketones is 1. The minimum Gasteiger partial charge on any atom is -0.396 e. The molecule has 0 saturated carbocycles. The van der Waals surface area contributed by atoms with Crippen LogP contribution in [0.3, 0.4) is 0 Å². The van der Waals surface area contributed by atoms with Crippen molar-refractivity contribution in [2.24, 2.45) is 11.8 Å². The van der Waals surface area contributed by atoms with Crippen molar-refractivity contribution < 1.29 is 15.0 Å². The van der Waals surface area contributed by atoms with E-state index in [0.29, 0.717) is 6.42 Å². The van der Waals surface area contributed by atoms with Crippen LogP contribution in [0.4, 0.5) is 0 Å². The van der Waals surface area contributed by atoms with E-state index in [4.69, 9.17) is 10.2 Å². The Balaban J connectivity index is 2.60. The van der Waals surface area contributed by atoms with Crippen LogP contribution in [0, 0.1) is 11.8 Å². The molecule has 3 nitrogen and oxygen atoms in total. The summed E-state index contributed by atoms with van der Waals surface area (Å²) in [6.45, 7) is 1.73. The Kier molecular flexibility index (Phi) is 3.63. The molecule has 0 radical (unpaired) electrons. The Morgan fingerprint density at radius 3 is 2.62 bits per heavy atom. The summed E-state index contributed by atoms with van der Waals surface area (Å²) in [6, 6.07) is 0. The lowest BCUT2D eigenvalue weighted by atomic mass is 9.81. The Morgan fingerprint density at radius 1 is 1.54 bits per heavy atom. The zero-order chi connectivity index (χ0) is 9.84. The van der Waals surface area contributed by atoms with E-state index < -0.39 is 0 Å². The third kappa shape index (κ3) is 2.39. The zero-order valence-corrected chi connectivity index (χ0v) is 7.86. The van der Waals surface area contributed by atoms with E-state index in [1.807, 2.05) is 13.0 Å². The Hall–Kier alpha value is -0.670. The fourth-order valence-corrected chi connectivity index (χ4v) is 1.64. The normalized spacial score (nSPS) is 23.5. The number of Topliss-reactive ketones (excluding diaryl/α,β-unsaturated/α-hetero) is 1. The minimum atomic E-state index is -0.145. The monoisotopic (exact) mass is 184 g/mol. The first kappa shape index (κ1) is 10.4. The maximum Gasteiger partial charge on any atom is 0.158 e. The van der Waals surface area contributed by atoms with Crippen molar-refractivity contribution in [3.8, 4) is 0 Å². The van der Waals surface area contributed by atoms with E-state index in [0.717, 1.165) is 12.0 Å². The van der Waals surface area contributed by atoms with Crippen LogP contribution in [0.25, 0.3) is 0 Å². The standard InChI is InChI=1S/C10H16O3/c1-7-2-3-8(4-10(7)13)9(5-11)6-12/h2,8-9,11-12H,3-6H2,1H3. The second-order valence-electron chi connectivity index (χ2n) is 3.64. The summed E-state index contributed by atoms with van der Waals surface area (Å²) in [5.74, 6) is 0.114. The highest BCUT2D eigenvalue weighted by Gasteiger charge is 2.25. The molecular formula is C10H16O3. The van der Waals surface area contributed by atoms with E-state index in [1.165, 1.54) is 0 Å². The molecule has 1 aliphatic rings. The van der Waals surface area contributed by atoms with Gasteiger partial charge in [0.05, 0.1) is 0 Å². The number of hydrogen-bond donors (Lipinski definition) is 2. The smallest absolute Gasteiger partial charge is 0.158 e. The summed E-state index contributed by atoms with van der Waals surface area (Å²) < 4.78 is 0. The highest BCUT2D eigenvalue weighted by molar-refractivity contribution is 5.95. The molecule has 1 unspecified atom stereocenters. The van der Waals surface area contributed by atoms with E-state index >= 15 is 0 Å². The lowest BCUT2D eigenvalue weighted by Crippen LogP contribution is -2.27. The number of aliphatic hydroxyl groups is 2. The number of rotatable bonds is 3. The van der Waals surface area contributed by atoms with Crippen molar-refractivity contribution in [1.29, 1.82) is 0 Å². The first-order chi connectivity index (χ1) is 6.19. The lowest BCUT2D eigenvalue weighted by molar-refractivity contribution is -0.117. The largest absolute Gasteiger partial charge is 0.396 e. The van der Waals surface area contributed by atoms with Crippen molar-refractivity contribution in [3.63, 3.8) is 0 Å². The van der Waals surface area contributed by atoms with Crippen LogP contribution < -0.4 is 0 Å². The topological polar surface area (TPSA) is 57.5 Å². The first-order valence-corrected chi connectivity index (χ1v) is 4.60. The van der Waals surface area contributed by atoms with Crippen molar-refractivity contribution in [1.82, 2.24) is 0 Å². The van der Waals surface area contributed by atoms with Gasteiger partial charge in [-0.3, -0.25) is 4.79 Å². The summed E-state index contributed by atoms with van der Waals surface area (Å²) in [5, 5.41) is 17.9. The maximum atomic E-state index is 11.3. The van der Waals surface area contributed by atoms with Gasteiger partial charge < -0.3 is 10.2 Å². The predicted octanol–water partition coefficient (Wildman–Crippen LogP) is 0.513. The van der Waals surface area contributed by atoms with Crippen molar-refractivity contribution in [3.05, 3.63) is 11.6 Å². The average molecular weight is 184 g/mol. The van der Waals surface area contributed by atoms with Crippen molar-refractivity contribution in [2.75, 3.05) is 13.2 Å².